The molecule has 0 saturated carbocycles. The van der Waals surface area contributed by atoms with Crippen LogP contribution in [0.4, 0.5) is 0 Å². The lowest BCUT2D eigenvalue weighted by Crippen LogP contribution is -2.36. The number of rotatable bonds is 7. The SMILES string of the molecule is COc1ccccc1C1=NOC(C(=O)NCCCN(C)C)C1. The minimum Gasteiger partial charge on any atom is -0.496 e. The summed E-state index contributed by atoms with van der Waals surface area (Å²) in [6.07, 6.45) is 0.810. The van der Waals surface area contributed by atoms with Crippen molar-refractivity contribution in [2.75, 3.05) is 34.3 Å². The van der Waals surface area contributed by atoms with Crippen LogP contribution in [0.2, 0.25) is 0 Å². The molecule has 6 heteroatoms. The monoisotopic (exact) mass is 305 g/mol. The zero-order chi connectivity index (χ0) is 15.9. The smallest absolute Gasteiger partial charge is 0.264 e. The molecule has 1 amide bonds. The van der Waals surface area contributed by atoms with Gasteiger partial charge in [0.05, 0.1) is 12.8 Å². The predicted octanol–water partition coefficient (Wildman–Crippen LogP) is 1.26. The number of nitrogens with one attached hydrogen (secondary N) is 1. The van der Waals surface area contributed by atoms with E-state index in [1.807, 2.05) is 38.4 Å². The molecule has 0 bridgehead atoms. The van der Waals surface area contributed by atoms with Crippen molar-refractivity contribution in [3.8, 4) is 5.75 Å². The summed E-state index contributed by atoms with van der Waals surface area (Å²) in [5, 5.41) is 6.93. The van der Waals surface area contributed by atoms with Gasteiger partial charge in [-0.15, -0.1) is 0 Å². The van der Waals surface area contributed by atoms with Crippen LogP contribution in [0.25, 0.3) is 0 Å². The summed E-state index contributed by atoms with van der Waals surface area (Å²) in [6.45, 7) is 1.58. The molecule has 0 spiro atoms. The molecule has 1 heterocycles. The molecular weight excluding hydrogens is 282 g/mol. The number of methoxy groups -OCH3 is 1. The van der Waals surface area contributed by atoms with E-state index in [4.69, 9.17) is 9.57 Å². The molecule has 0 radical (unpaired) electrons. The van der Waals surface area contributed by atoms with Gasteiger partial charge >= 0.3 is 0 Å². The molecule has 2 rings (SSSR count). The molecule has 0 aromatic heterocycles. The number of benzene rings is 1. The lowest BCUT2D eigenvalue weighted by atomic mass is 10.0. The van der Waals surface area contributed by atoms with Gasteiger partial charge in [0.25, 0.3) is 5.91 Å². The number of ether oxygens (including phenoxy) is 1. The van der Waals surface area contributed by atoms with Crippen LogP contribution in [-0.4, -0.2) is 56.9 Å². The molecule has 1 atom stereocenters. The first-order valence-electron chi connectivity index (χ1n) is 7.40. The molecule has 22 heavy (non-hydrogen) atoms. The minimum absolute atomic E-state index is 0.118. The van der Waals surface area contributed by atoms with Crippen molar-refractivity contribution < 1.29 is 14.4 Å². The van der Waals surface area contributed by atoms with E-state index in [1.54, 1.807) is 7.11 Å². The van der Waals surface area contributed by atoms with Crippen molar-refractivity contribution in [2.24, 2.45) is 5.16 Å². The highest BCUT2D eigenvalue weighted by Crippen LogP contribution is 2.24. The van der Waals surface area contributed by atoms with Gasteiger partial charge in [-0.25, -0.2) is 0 Å². The molecule has 6 nitrogen and oxygen atoms in total. The van der Waals surface area contributed by atoms with Gasteiger partial charge in [-0.3, -0.25) is 4.79 Å². The second-order valence-corrected chi connectivity index (χ2v) is 5.48. The number of para-hydroxylation sites is 1. The fourth-order valence-electron chi connectivity index (χ4n) is 2.28. The van der Waals surface area contributed by atoms with E-state index < -0.39 is 6.10 Å². The van der Waals surface area contributed by atoms with Crippen molar-refractivity contribution in [3.63, 3.8) is 0 Å². The van der Waals surface area contributed by atoms with Crippen LogP contribution < -0.4 is 10.1 Å². The molecular formula is C16H23N3O3. The fraction of sp³-hybridized carbons (Fsp3) is 0.500. The third-order valence-electron chi connectivity index (χ3n) is 3.46. The number of carbonyl (C=O) groups excluding carboxylic acids is 1. The average Bonchev–Trinajstić information content (AvgIpc) is 3.01. The third-order valence-corrected chi connectivity index (χ3v) is 3.46. The molecule has 120 valence electrons. The Morgan fingerprint density at radius 2 is 2.23 bits per heavy atom. The van der Waals surface area contributed by atoms with Gasteiger partial charge in [-0.2, -0.15) is 0 Å². The molecule has 1 unspecified atom stereocenters. The van der Waals surface area contributed by atoms with Gasteiger partial charge in [0.15, 0.2) is 0 Å². The minimum atomic E-state index is -0.556. The Morgan fingerprint density at radius 1 is 1.45 bits per heavy atom. The van der Waals surface area contributed by atoms with E-state index in [0.717, 1.165) is 30.0 Å². The summed E-state index contributed by atoms with van der Waals surface area (Å²) in [5.41, 5.74) is 1.61. The van der Waals surface area contributed by atoms with Gasteiger partial charge in [0.1, 0.15) is 5.75 Å². The standard InChI is InChI=1S/C16H23N3O3/c1-19(2)10-6-9-17-16(20)15-11-13(18-22-15)12-7-4-5-8-14(12)21-3/h4-5,7-8,15H,6,9-11H2,1-3H3,(H,17,20). The van der Waals surface area contributed by atoms with Crippen LogP contribution in [0.15, 0.2) is 29.4 Å². The fourth-order valence-corrected chi connectivity index (χ4v) is 2.28. The highest BCUT2D eigenvalue weighted by Gasteiger charge is 2.29. The van der Waals surface area contributed by atoms with Crippen molar-refractivity contribution in [2.45, 2.75) is 18.9 Å². The van der Waals surface area contributed by atoms with E-state index >= 15 is 0 Å². The summed E-state index contributed by atoms with van der Waals surface area (Å²) in [7, 11) is 5.63. The molecule has 1 aliphatic heterocycles. The molecule has 0 aliphatic carbocycles. The molecule has 0 saturated heterocycles. The van der Waals surface area contributed by atoms with Gasteiger partial charge in [0.2, 0.25) is 6.10 Å². The summed E-state index contributed by atoms with van der Waals surface area (Å²) in [4.78, 5) is 19.4. The van der Waals surface area contributed by atoms with E-state index in [9.17, 15) is 4.79 Å². The largest absolute Gasteiger partial charge is 0.496 e. The number of oxime groups is 1. The van der Waals surface area contributed by atoms with Gasteiger partial charge in [0, 0.05) is 18.5 Å². The van der Waals surface area contributed by atoms with Crippen LogP contribution in [0.3, 0.4) is 0 Å². The highest BCUT2D eigenvalue weighted by molar-refractivity contribution is 6.05. The van der Waals surface area contributed by atoms with Gasteiger partial charge < -0.3 is 19.8 Å². The highest BCUT2D eigenvalue weighted by atomic mass is 16.6. The van der Waals surface area contributed by atoms with E-state index in [0.29, 0.717) is 13.0 Å². The Bertz CT molecular complexity index is 543. The number of nitrogens with zero attached hydrogens (tertiary/aromatic N) is 2. The zero-order valence-corrected chi connectivity index (χ0v) is 13.3. The molecule has 1 aliphatic rings. The lowest BCUT2D eigenvalue weighted by Gasteiger charge is -2.12. The molecule has 0 fully saturated rings. The Labute approximate surface area is 131 Å². The molecule has 1 aromatic carbocycles. The maximum absolute atomic E-state index is 12.1. The Balaban J connectivity index is 1.85. The summed E-state index contributed by atoms with van der Waals surface area (Å²) in [5.74, 6) is 0.615. The number of hydrogen-bond donors (Lipinski definition) is 1. The topological polar surface area (TPSA) is 63.2 Å². The molecule has 1 aromatic rings. The van der Waals surface area contributed by atoms with Crippen LogP contribution in [0.5, 0.6) is 5.75 Å². The lowest BCUT2D eigenvalue weighted by molar-refractivity contribution is -0.131. The zero-order valence-electron chi connectivity index (χ0n) is 13.3. The Kier molecular flexibility index (Phi) is 5.77. The summed E-state index contributed by atoms with van der Waals surface area (Å²) >= 11 is 0. The maximum Gasteiger partial charge on any atom is 0.264 e. The van der Waals surface area contributed by atoms with Crippen molar-refractivity contribution in [1.82, 2.24) is 10.2 Å². The van der Waals surface area contributed by atoms with Crippen LogP contribution >= 0.6 is 0 Å². The Morgan fingerprint density at radius 3 is 2.95 bits per heavy atom. The van der Waals surface area contributed by atoms with E-state index in [-0.39, 0.29) is 5.91 Å². The average molecular weight is 305 g/mol. The first-order chi connectivity index (χ1) is 10.6. The van der Waals surface area contributed by atoms with E-state index in [1.165, 1.54) is 0 Å². The molecule has 1 N–H and O–H groups in total. The number of carbonyl (C=O) groups is 1. The second kappa shape index (κ2) is 7.79. The second-order valence-electron chi connectivity index (χ2n) is 5.48. The third kappa shape index (κ3) is 4.21. The van der Waals surface area contributed by atoms with Crippen LogP contribution in [-0.2, 0) is 9.63 Å². The number of amides is 1. The number of hydrogen-bond acceptors (Lipinski definition) is 5. The van der Waals surface area contributed by atoms with Gasteiger partial charge in [-0.05, 0) is 39.2 Å². The van der Waals surface area contributed by atoms with Gasteiger partial charge in [-0.1, -0.05) is 17.3 Å². The summed E-state index contributed by atoms with van der Waals surface area (Å²) < 4.78 is 5.31. The maximum atomic E-state index is 12.1. The van der Waals surface area contributed by atoms with E-state index in [2.05, 4.69) is 15.4 Å². The van der Waals surface area contributed by atoms with Crippen LogP contribution in [0.1, 0.15) is 18.4 Å². The van der Waals surface area contributed by atoms with Crippen molar-refractivity contribution in [1.29, 1.82) is 0 Å². The predicted molar refractivity (Wildman–Crippen MR) is 85.2 cm³/mol. The normalized spacial score (nSPS) is 17.1. The van der Waals surface area contributed by atoms with Crippen LogP contribution in [0, 0.1) is 0 Å². The first-order valence-corrected chi connectivity index (χ1v) is 7.40. The Hall–Kier alpha value is -2.08. The van der Waals surface area contributed by atoms with Crippen molar-refractivity contribution in [3.05, 3.63) is 29.8 Å². The quantitative estimate of drug-likeness (QED) is 0.770. The van der Waals surface area contributed by atoms with Crippen molar-refractivity contribution >= 4 is 11.6 Å². The summed E-state index contributed by atoms with van der Waals surface area (Å²) in [6, 6.07) is 7.59. The first kappa shape index (κ1) is 16.3.